The number of urea groups is 1. The van der Waals surface area contributed by atoms with Crippen LogP contribution in [-0.2, 0) is 6.54 Å². The highest BCUT2D eigenvalue weighted by Crippen LogP contribution is 2.13. The van der Waals surface area contributed by atoms with Gasteiger partial charge in [-0.2, -0.15) is 0 Å². The molecule has 1 aromatic rings. The van der Waals surface area contributed by atoms with E-state index in [0.29, 0.717) is 6.54 Å². The van der Waals surface area contributed by atoms with Gasteiger partial charge >= 0.3 is 6.03 Å². The molecule has 0 bridgehead atoms. The zero-order valence-electron chi connectivity index (χ0n) is 9.69. The van der Waals surface area contributed by atoms with Crippen molar-refractivity contribution in [3.8, 4) is 0 Å². The highest BCUT2D eigenvalue weighted by molar-refractivity contribution is 5.74. The minimum atomic E-state index is 0.136. The molecule has 88 valence electrons. The van der Waals surface area contributed by atoms with Gasteiger partial charge in [0, 0.05) is 19.6 Å². The zero-order chi connectivity index (χ0) is 11.4. The first-order valence-electron chi connectivity index (χ1n) is 5.87. The fourth-order valence-electron chi connectivity index (χ4n) is 2.01. The summed E-state index contributed by atoms with van der Waals surface area (Å²) >= 11 is 0. The third-order valence-corrected chi connectivity index (χ3v) is 2.96. The normalized spacial score (nSPS) is 15.4. The third kappa shape index (κ3) is 2.38. The summed E-state index contributed by atoms with van der Waals surface area (Å²) in [5.74, 6) is 0.842. The highest BCUT2D eigenvalue weighted by atomic mass is 16.3. The van der Waals surface area contributed by atoms with Crippen molar-refractivity contribution in [3.63, 3.8) is 0 Å². The molecule has 1 aliphatic heterocycles. The maximum Gasteiger partial charge on any atom is 0.320 e. The molecule has 4 nitrogen and oxygen atoms in total. The van der Waals surface area contributed by atoms with E-state index in [1.54, 1.807) is 6.26 Å². The lowest BCUT2D eigenvalue weighted by Gasteiger charge is -2.26. The number of hydrogen-bond acceptors (Lipinski definition) is 2. The topological polar surface area (TPSA) is 36.7 Å². The Morgan fingerprint density at radius 1 is 1.50 bits per heavy atom. The van der Waals surface area contributed by atoms with Crippen molar-refractivity contribution < 1.29 is 9.21 Å². The summed E-state index contributed by atoms with van der Waals surface area (Å²) in [7, 11) is 0. The van der Waals surface area contributed by atoms with Crippen LogP contribution < -0.4 is 0 Å². The van der Waals surface area contributed by atoms with Gasteiger partial charge in [-0.05, 0) is 31.9 Å². The van der Waals surface area contributed by atoms with Crippen LogP contribution in [-0.4, -0.2) is 35.5 Å². The molecule has 1 saturated heterocycles. The molecule has 0 N–H and O–H groups in total. The van der Waals surface area contributed by atoms with Crippen molar-refractivity contribution in [2.45, 2.75) is 26.3 Å². The van der Waals surface area contributed by atoms with Crippen molar-refractivity contribution in [1.29, 1.82) is 0 Å². The molecule has 1 fully saturated rings. The molecule has 0 atom stereocenters. The SMILES string of the molecule is CCN(Cc1ccco1)C(=O)N1CCCC1. The Morgan fingerprint density at radius 2 is 2.25 bits per heavy atom. The van der Waals surface area contributed by atoms with E-state index >= 15 is 0 Å². The number of rotatable bonds is 3. The van der Waals surface area contributed by atoms with Crippen molar-refractivity contribution in [2.24, 2.45) is 0 Å². The lowest BCUT2D eigenvalue weighted by Crippen LogP contribution is -2.41. The molecule has 0 aliphatic carbocycles. The molecular formula is C12H18N2O2. The fraction of sp³-hybridized carbons (Fsp3) is 0.583. The van der Waals surface area contributed by atoms with E-state index in [-0.39, 0.29) is 6.03 Å². The van der Waals surface area contributed by atoms with E-state index < -0.39 is 0 Å². The maximum absolute atomic E-state index is 12.1. The Labute approximate surface area is 95.8 Å². The molecular weight excluding hydrogens is 204 g/mol. The summed E-state index contributed by atoms with van der Waals surface area (Å²) in [6, 6.07) is 3.89. The van der Waals surface area contributed by atoms with Gasteiger partial charge < -0.3 is 14.2 Å². The van der Waals surface area contributed by atoms with Gasteiger partial charge in [-0.25, -0.2) is 4.79 Å². The Balaban J connectivity index is 1.96. The van der Waals surface area contributed by atoms with Crippen molar-refractivity contribution in [2.75, 3.05) is 19.6 Å². The number of carbonyl (C=O) groups is 1. The van der Waals surface area contributed by atoms with Gasteiger partial charge in [0.15, 0.2) is 0 Å². The number of likely N-dealkylation sites (tertiary alicyclic amines) is 1. The molecule has 0 spiro atoms. The first kappa shape index (κ1) is 11.0. The van der Waals surface area contributed by atoms with Crippen LogP contribution in [0.1, 0.15) is 25.5 Å². The fourth-order valence-corrected chi connectivity index (χ4v) is 2.01. The largest absolute Gasteiger partial charge is 0.467 e. The van der Waals surface area contributed by atoms with Crippen LogP contribution in [0.5, 0.6) is 0 Å². The van der Waals surface area contributed by atoms with Crippen LogP contribution in [0.15, 0.2) is 22.8 Å². The molecule has 2 amide bonds. The van der Waals surface area contributed by atoms with Gasteiger partial charge in [-0.3, -0.25) is 0 Å². The number of furan rings is 1. The summed E-state index contributed by atoms with van der Waals surface area (Å²) in [6.45, 7) is 5.08. The maximum atomic E-state index is 12.1. The Bertz CT molecular complexity index is 329. The molecule has 2 heterocycles. The van der Waals surface area contributed by atoms with Crippen LogP contribution in [0.3, 0.4) is 0 Å². The van der Waals surface area contributed by atoms with Crippen LogP contribution in [0.4, 0.5) is 4.79 Å². The standard InChI is InChI=1S/C12H18N2O2/c1-2-13(10-11-6-5-9-16-11)12(15)14-7-3-4-8-14/h5-6,9H,2-4,7-8,10H2,1H3. The molecule has 0 aromatic carbocycles. The summed E-state index contributed by atoms with van der Waals surface area (Å²) in [6.07, 6.45) is 3.90. The van der Waals surface area contributed by atoms with Crippen LogP contribution in [0.2, 0.25) is 0 Å². The zero-order valence-corrected chi connectivity index (χ0v) is 9.69. The molecule has 1 aromatic heterocycles. The molecule has 0 saturated carbocycles. The predicted molar refractivity (Wildman–Crippen MR) is 61.0 cm³/mol. The summed E-state index contributed by atoms with van der Waals surface area (Å²) in [4.78, 5) is 15.9. The lowest BCUT2D eigenvalue weighted by molar-refractivity contribution is 0.158. The average molecular weight is 222 g/mol. The second-order valence-electron chi connectivity index (χ2n) is 4.07. The van der Waals surface area contributed by atoms with Gasteiger partial charge in [0.2, 0.25) is 0 Å². The average Bonchev–Trinajstić information content (AvgIpc) is 2.97. The first-order valence-corrected chi connectivity index (χ1v) is 5.87. The Morgan fingerprint density at radius 3 is 2.81 bits per heavy atom. The highest BCUT2D eigenvalue weighted by Gasteiger charge is 2.23. The van der Waals surface area contributed by atoms with Crippen LogP contribution >= 0.6 is 0 Å². The first-order chi connectivity index (χ1) is 7.81. The van der Waals surface area contributed by atoms with Gasteiger partial charge in [0.05, 0.1) is 12.8 Å². The van der Waals surface area contributed by atoms with E-state index in [0.717, 1.165) is 38.2 Å². The van der Waals surface area contributed by atoms with Crippen molar-refractivity contribution in [3.05, 3.63) is 24.2 Å². The van der Waals surface area contributed by atoms with E-state index in [2.05, 4.69) is 0 Å². The summed E-state index contributed by atoms with van der Waals surface area (Å²) in [5.41, 5.74) is 0. The minimum absolute atomic E-state index is 0.136. The second-order valence-corrected chi connectivity index (χ2v) is 4.07. The van der Waals surface area contributed by atoms with Crippen molar-refractivity contribution >= 4 is 6.03 Å². The summed E-state index contributed by atoms with van der Waals surface area (Å²) < 4.78 is 5.27. The predicted octanol–water partition coefficient (Wildman–Crippen LogP) is 2.32. The Hall–Kier alpha value is -1.45. The third-order valence-electron chi connectivity index (χ3n) is 2.96. The van der Waals surface area contributed by atoms with E-state index in [9.17, 15) is 4.79 Å². The number of hydrogen-bond donors (Lipinski definition) is 0. The van der Waals surface area contributed by atoms with Gasteiger partial charge in [0.1, 0.15) is 5.76 Å². The molecule has 1 aliphatic rings. The Kier molecular flexibility index (Phi) is 3.49. The van der Waals surface area contributed by atoms with E-state index in [1.807, 2.05) is 28.9 Å². The molecule has 2 rings (SSSR count). The van der Waals surface area contributed by atoms with Gasteiger partial charge in [0.25, 0.3) is 0 Å². The van der Waals surface area contributed by atoms with Gasteiger partial charge in [-0.1, -0.05) is 0 Å². The lowest BCUT2D eigenvalue weighted by atomic mass is 10.4. The second kappa shape index (κ2) is 5.05. The molecule has 0 radical (unpaired) electrons. The molecule has 16 heavy (non-hydrogen) atoms. The van der Waals surface area contributed by atoms with Crippen LogP contribution in [0.25, 0.3) is 0 Å². The van der Waals surface area contributed by atoms with E-state index in [4.69, 9.17) is 4.42 Å². The number of nitrogens with zero attached hydrogens (tertiary/aromatic N) is 2. The number of amides is 2. The smallest absolute Gasteiger partial charge is 0.320 e. The molecule has 4 heteroatoms. The molecule has 0 unspecified atom stereocenters. The quantitative estimate of drug-likeness (QED) is 0.787. The minimum Gasteiger partial charge on any atom is -0.467 e. The number of carbonyl (C=O) groups excluding carboxylic acids is 1. The van der Waals surface area contributed by atoms with Gasteiger partial charge in [-0.15, -0.1) is 0 Å². The monoisotopic (exact) mass is 222 g/mol. The van der Waals surface area contributed by atoms with Crippen LogP contribution in [0, 0.1) is 0 Å². The summed E-state index contributed by atoms with van der Waals surface area (Å²) in [5, 5.41) is 0. The van der Waals surface area contributed by atoms with E-state index in [1.165, 1.54) is 0 Å². The van der Waals surface area contributed by atoms with Crippen molar-refractivity contribution in [1.82, 2.24) is 9.80 Å².